The predicted molar refractivity (Wildman–Crippen MR) is 80.3 cm³/mol. The Balaban J connectivity index is 2.07. The van der Waals surface area contributed by atoms with Gasteiger partial charge in [0.05, 0.1) is 51.8 Å². The van der Waals surface area contributed by atoms with E-state index in [1.807, 2.05) is 0 Å². The van der Waals surface area contributed by atoms with E-state index in [-0.39, 0.29) is 12.4 Å². The highest BCUT2D eigenvalue weighted by molar-refractivity contribution is 7.18. The Bertz CT molecular complexity index is 599. The number of quaternary nitrogens is 1. The lowest BCUT2D eigenvalue weighted by Crippen LogP contribution is -2.57. The van der Waals surface area contributed by atoms with E-state index in [9.17, 15) is 9.59 Å². The topological polar surface area (TPSA) is 78.6 Å². The molecule has 21 heavy (non-hydrogen) atoms. The number of ether oxygens (including phenoxy) is 2. The lowest BCUT2D eigenvalue weighted by molar-refractivity contribution is -0.139. The van der Waals surface area contributed by atoms with Gasteiger partial charge in [0.2, 0.25) is 0 Å². The molecule has 0 unspecified atom stereocenters. The van der Waals surface area contributed by atoms with Crippen molar-refractivity contribution >= 4 is 34.0 Å². The number of carbonyl (C=O) groups excluding carboxylic acids is 2. The van der Waals surface area contributed by atoms with Gasteiger partial charge in [0.25, 0.3) is 0 Å². The number of esters is 2. The zero-order valence-electron chi connectivity index (χ0n) is 12.2. The first-order valence-corrected chi connectivity index (χ1v) is 7.75. The molecule has 0 aromatic carbocycles. The number of fused-ring (bicyclic) bond motifs is 1. The van der Waals surface area contributed by atoms with Crippen LogP contribution < -0.4 is 10.2 Å². The number of thiophene rings is 1. The largest absolute Gasteiger partial charge is 0.469 e. The fourth-order valence-electron chi connectivity index (χ4n) is 3.66. The molecule has 0 saturated carbocycles. The Morgan fingerprint density at radius 2 is 2.05 bits per heavy atom. The molecule has 114 valence electrons. The summed E-state index contributed by atoms with van der Waals surface area (Å²) in [5, 5.41) is 0.620. The third kappa shape index (κ3) is 2.11. The normalized spacial score (nSPS) is 26.3. The van der Waals surface area contributed by atoms with Crippen LogP contribution in [0.2, 0.25) is 0 Å². The van der Waals surface area contributed by atoms with E-state index >= 15 is 0 Å². The van der Waals surface area contributed by atoms with Crippen molar-refractivity contribution in [2.24, 2.45) is 5.92 Å². The SMILES string of the molecule is COC(=O)Cc1c(C(=O)OC)sc(N)c1[N+]12CCC(C1)C2. The summed E-state index contributed by atoms with van der Waals surface area (Å²) in [6, 6.07) is 0. The van der Waals surface area contributed by atoms with Crippen molar-refractivity contribution in [2.45, 2.75) is 12.8 Å². The molecule has 6 nitrogen and oxygen atoms in total. The second-order valence-corrected chi connectivity index (χ2v) is 6.81. The molecule has 0 spiro atoms. The van der Waals surface area contributed by atoms with Crippen molar-refractivity contribution in [3.63, 3.8) is 0 Å². The highest BCUT2D eigenvalue weighted by Crippen LogP contribution is 2.51. The van der Waals surface area contributed by atoms with E-state index in [1.54, 1.807) is 0 Å². The van der Waals surface area contributed by atoms with Gasteiger partial charge in [-0.25, -0.2) is 4.79 Å². The van der Waals surface area contributed by atoms with Gasteiger partial charge in [0.15, 0.2) is 5.69 Å². The van der Waals surface area contributed by atoms with E-state index in [0.717, 1.165) is 35.7 Å². The molecule has 2 bridgehead atoms. The minimum absolute atomic E-state index is 0.0641. The Kier molecular flexibility index (Phi) is 3.41. The summed E-state index contributed by atoms with van der Waals surface area (Å²) in [7, 11) is 2.68. The molecule has 3 aliphatic rings. The third-order valence-corrected chi connectivity index (χ3v) is 5.61. The number of nitrogen functional groups attached to an aromatic ring is 1. The van der Waals surface area contributed by atoms with Gasteiger partial charge in [-0.05, 0) is 0 Å². The molecule has 0 atom stereocenters. The van der Waals surface area contributed by atoms with Crippen LogP contribution in [0.4, 0.5) is 10.7 Å². The second-order valence-electron chi connectivity index (χ2n) is 5.76. The van der Waals surface area contributed by atoms with E-state index in [1.165, 1.54) is 32.0 Å². The molecule has 0 radical (unpaired) electrons. The summed E-state index contributed by atoms with van der Waals surface area (Å²) < 4.78 is 10.4. The van der Waals surface area contributed by atoms with Gasteiger partial charge in [0, 0.05) is 6.42 Å². The van der Waals surface area contributed by atoms with Gasteiger partial charge < -0.3 is 15.2 Å². The summed E-state index contributed by atoms with van der Waals surface area (Å²) in [5.74, 6) is -0.0585. The maximum absolute atomic E-state index is 12.0. The second kappa shape index (κ2) is 4.99. The van der Waals surface area contributed by atoms with Crippen molar-refractivity contribution in [1.29, 1.82) is 0 Å². The number of rotatable bonds is 4. The van der Waals surface area contributed by atoms with Gasteiger partial charge in [-0.3, -0.25) is 9.28 Å². The number of carbonyl (C=O) groups is 2. The van der Waals surface area contributed by atoms with Gasteiger partial charge in [-0.15, -0.1) is 11.3 Å². The van der Waals surface area contributed by atoms with Crippen LogP contribution in [0.1, 0.15) is 21.7 Å². The van der Waals surface area contributed by atoms with Crippen LogP contribution in [-0.4, -0.2) is 45.8 Å². The molecule has 3 aliphatic heterocycles. The highest BCUT2D eigenvalue weighted by atomic mass is 32.1. The van der Waals surface area contributed by atoms with Crippen LogP contribution >= 0.6 is 11.3 Å². The Labute approximate surface area is 127 Å². The fourth-order valence-corrected chi connectivity index (χ4v) is 4.75. The summed E-state index contributed by atoms with van der Waals surface area (Å²) in [4.78, 5) is 24.1. The van der Waals surface area contributed by atoms with E-state index in [0.29, 0.717) is 15.4 Å². The van der Waals surface area contributed by atoms with Crippen molar-refractivity contribution in [1.82, 2.24) is 4.48 Å². The van der Waals surface area contributed by atoms with E-state index < -0.39 is 5.97 Å². The van der Waals surface area contributed by atoms with Crippen LogP contribution in [0.3, 0.4) is 0 Å². The Hall–Kier alpha value is -1.60. The molecule has 3 saturated heterocycles. The fraction of sp³-hybridized carbons (Fsp3) is 0.571. The first kappa shape index (κ1) is 14.3. The smallest absolute Gasteiger partial charge is 0.348 e. The molecular formula is C14H19N2O4S+. The Morgan fingerprint density at radius 1 is 1.33 bits per heavy atom. The number of hydrogen-bond acceptors (Lipinski definition) is 6. The lowest BCUT2D eigenvalue weighted by atomic mass is 10.00. The standard InChI is InChI=1S/C14H18N2O4S/c1-19-10(17)5-9-11(16-4-3-8(6-16)7-16)13(15)21-12(9)14(18)20-2/h8H,3-7H2,1-2H3,(H-,15,18)/p+1. The van der Waals surface area contributed by atoms with Gasteiger partial charge in [-0.1, -0.05) is 0 Å². The van der Waals surface area contributed by atoms with Crippen LogP contribution in [0.25, 0.3) is 0 Å². The van der Waals surface area contributed by atoms with Gasteiger partial charge in [0.1, 0.15) is 9.88 Å². The monoisotopic (exact) mass is 311 g/mol. The summed E-state index contributed by atoms with van der Waals surface area (Å²) in [6.45, 7) is 3.13. The summed E-state index contributed by atoms with van der Waals surface area (Å²) in [5.41, 5.74) is 7.82. The number of nitrogens with zero attached hydrogens (tertiary/aromatic N) is 1. The molecule has 0 amide bonds. The average molecular weight is 311 g/mol. The van der Waals surface area contributed by atoms with Crippen molar-refractivity contribution in [3.8, 4) is 0 Å². The summed E-state index contributed by atoms with van der Waals surface area (Å²) >= 11 is 1.22. The zero-order valence-corrected chi connectivity index (χ0v) is 13.0. The van der Waals surface area contributed by atoms with Crippen molar-refractivity contribution < 1.29 is 19.1 Å². The summed E-state index contributed by atoms with van der Waals surface area (Å²) in [6.07, 6.45) is 1.25. The van der Waals surface area contributed by atoms with E-state index in [4.69, 9.17) is 15.2 Å². The van der Waals surface area contributed by atoms with Gasteiger partial charge in [-0.2, -0.15) is 0 Å². The van der Waals surface area contributed by atoms with Crippen LogP contribution in [0.5, 0.6) is 0 Å². The van der Waals surface area contributed by atoms with Crippen LogP contribution in [0, 0.1) is 5.92 Å². The minimum atomic E-state index is -0.439. The molecule has 7 heteroatoms. The molecule has 2 N–H and O–H groups in total. The molecule has 4 rings (SSSR count). The molecular weight excluding hydrogens is 292 g/mol. The maximum Gasteiger partial charge on any atom is 0.348 e. The Morgan fingerprint density at radius 3 is 2.57 bits per heavy atom. The quantitative estimate of drug-likeness (QED) is 0.667. The number of nitrogens with two attached hydrogens (primary N) is 1. The molecule has 1 aromatic heterocycles. The first-order chi connectivity index (χ1) is 10.0. The number of methoxy groups -OCH3 is 2. The number of hydrogen-bond donors (Lipinski definition) is 1. The minimum Gasteiger partial charge on any atom is -0.469 e. The third-order valence-electron chi connectivity index (χ3n) is 4.58. The lowest BCUT2D eigenvalue weighted by Gasteiger charge is -2.41. The molecule has 1 aromatic rings. The van der Waals surface area contributed by atoms with Crippen molar-refractivity contribution in [2.75, 3.05) is 39.6 Å². The van der Waals surface area contributed by atoms with Crippen molar-refractivity contribution in [3.05, 3.63) is 10.4 Å². The first-order valence-electron chi connectivity index (χ1n) is 6.93. The molecule has 3 fully saturated rings. The zero-order chi connectivity index (χ0) is 15.2. The number of anilines is 1. The van der Waals surface area contributed by atoms with Crippen LogP contribution in [-0.2, 0) is 20.7 Å². The highest BCUT2D eigenvalue weighted by Gasteiger charge is 2.55. The predicted octanol–water partition coefficient (Wildman–Crippen LogP) is 1.17. The molecule has 4 heterocycles. The maximum atomic E-state index is 12.0. The van der Waals surface area contributed by atoms with Crippen LogP contribution in [0.15, 0.2) is 0 Å². The van der Waals surface area contributed by atoms with Gasteiger partial charge >= 0.3 is 11.9 Å². The average Bonchev–Trinajstić information content (AvgIpc) is 3.10. The van der Waals surface area contributed by atoms with E-state index in [2.05, 4.69) is 0 Å². The molecule has 0 aliphatic carbocycles.